The van der Waals surface area contributed by atoms with Crippen LogP contribution in [0.15, 0.2) is 48.5 Å². The Kier molecular flexibility index (Phi) is 9.39. The molecule has 2 aromatic carbocycles. The number of hydrogen-bond acceptors (Lipinski definition) is 3. The molecule has 0 aromatic heterocycles. The molecule has 2 rings (SSSR count). The Morgan fingerprint density at radius 3 is 2.18 bits per heavy atom. The van der Waals surface area contributed by atoms with Gasteiger partial charge < -0.3 is 21.3 Å². The van der Waals surface area contributed by atoms with Gasteiger partial charge in [0.05, 0.1) is 0 Å². The molecule has 0 spiro atoms. The summed E-state index contributed by atoms with van der Waals surface area (Å²) in [5, 5.41) is 11.1. The lowest BCUT2D eigenvalue weighted by Gasteiger charge is -2.24. The van der Waals surface area contributed by atoms with E-state index in [1.54, 1.807) is 36.4 Å². The molecular formula is C25H33FN4O3. The molecule has 7 nitrogen and oxygen atoms in total. The fourth-order valence-electron chi connectivity index (χ4n) is 2.95. The van der Waals surface area contributed by atoms with Crippen LogP contribution in [0.25, 0.3) is 0 Å². The molecule has 0 bridgehead atoms. The van der Waals surface area contributed by atoms with E-state index in [9.17, 15) is 18.8 Å². The quantitative estimate of drug-likeness (QED) is 0.428. The summed E-state index contributed by atoms with van der Waals surface area (Å²) in [7, 11) is 0. The lowest BCUT2D eigenvalue weighted by atomic mass is 10.0. The van der Waals surface area contributed by atoms with E-state index in [0.717, 1.165) is 12.0 Å². The van der Waals surface area contributed by atoms with Gasteiger partial charge in [0.25, 0.3) is 5.91 Å². The molecular weight excluding hydrogens is 423 g/mol. The van der Waals surface area contributed by atoms with Crippen LogP contribution in [0.4, 0.5) is 14.9 Å². The van der Waals surface area contributed by atoms with Crippen molar-refractivity contribution in [3.63, 3.8) is 0 Å². The Labute approximate surface area is 194 Å². The molecule has 4 amide bonds. The lowest BCUT2D eigenvalue weighted by Crippen LogP contribution is -2.47. The number of hydrogen-bond donors (Lipinski definition) is 4. The van der Waals surface area contributed by atoms with Gasteiger partial charge in [0, 0.05) is 23.3 Å². The van der Waals surface area contributed by atoms with Crippen LogP contribution < -0.4 is 21.3 Å². The number of carbonyl (C=O) groups is 3. The van der Waals surface area contributed by atoms with Crippen LogP contribution in [0.5, 0.6) is 0 Å². The molecule has 0 aliphatic carbocycles. The highest BCUT2D eigenvalue weighted by molar-refractivity contribution is 5.98. The minimum absolute atomic E-state index is 0.178. The molecule has 0 radical (unpaired) electrons. The third-order valence-electron chi connectivity index (χ3n) is 5.32. The first-order valence-electron chi connectivity index (χ1n) is 11.2. The third-order valence-corrected chi connectivity index (χ3v) is 5.32. The van der Waals surface area contributed by atoms with Crippen molar-refractivity contribution in [2.75, 3.05) is 5.32 Å². The van der Waals surface area contributed by atoms with Gasteiger partial charge in [-0.3, -0.25) is 9.59 Å². The summed E-state index contributed by atoms with van der Waals surface area (Å²) in [6.07, 6.45) is 1.96. The highest BCUT2D eigenvalue weighted by atomic mass is 19.1. The zero-order valence-corrected chi connectivity index (χ0v) is 19.6. The van der Waals surface area contributed by atoms with Crippen LogP contribution in [0.2, 0.25) is 0 Å². The summed E-state index contributed by atoms with van der Waals surface area (Å²) in [6, 6.07) is 11.2. The van der Waals surface area contributed by atoms with Gasteiger partial charge in [-0.05, 0) is 68.7 Å². The van der Waals surface area contributed by atoms with E-state index in [1.807, 2.05) is 27.7 Å². The van der Waals surface area contributed by atoms with E-state index >= 15 is 0 Å². The Morgan fingerprint density at radius 1 is 0.970 bits per heavy atom. The first-order valence-corrected chi connectivity index (χ1v) is 11.2. The van der Waals surface area contributed by atoms with Crippen LogP contribution in [0.3, 0.4) is 0 Å². The molecule has 1 unspecified atom stereocenters. The topological polar surface area (TPSA) is 99.3 Å². The number of rotatable bonds is 10. The number of anilines is 1. The predicted octanol–water partition coefficient (Wildman–Crippen LogP) is 4.35. The summed E-state index contributed by atoms with van der Waals surface area (Å²) >= 11 is 0. The molecule has 0 heterocycles. The molecule has 1 atom stereocenters. The smallest absolute Gasteiger partial charge is 0.315 e. The van der Waals surface area contributed by atoms with Gasteiger partial charge in [-0.25, -0.2) is 9.18 Å². The number of halogens is 1. The van der Waals surface area contributed by atoms with E-state index in [4.69, 9.17) is 0 Å². The van der Waals surface area contributed by atoms with Crippen molar-refractivity contribution in [1.29, 1.82) is 0 Å². The normalized spacial score (nSPS) is 11.9. The van der Waals surface area contributed by atoms with Crippen LogP contribution >= 0.6 is 0 Å². The van der Waals surface area contributed by atoms with Crippen molar-refractivity contribution in [1.82, 2.24) is 16.0 Å². The second kappa shape index (κ2) is 12.0. The summed E-state index contributed by atoms with van der Waals surface area (Å²) in [5.41, 5.74) is 1.47. The van der Waals surface area contributed by atoms with E-state index in [-0.39, 0.29) is 29.7 Å². The first kappa shape index (κ1) is 25.8. The molecule has 0 aliphatic rings. The Hall–Kier alpha value is -3.42. The Balaban J connectivity index is 1.92. The van der Waals surface area contributed by atoms with Gasteiger partial charge in [-0.1, -0.05) is 32.4 Å². The number of nitrogens with one attached hydrogen (secondary N) is 4. The molecule has 2 aromatic rings. The molecule has 0 aliphatic heterocycles. The number of amides is 4. The van der Waals surface area contributed by atoms with Crippen molar-refractivity contribution >= 4 is 23.5 Å². The van der Waals surface area contributed by atoms with Crippen molar-refractivity contribution in [3.05, 3.63) is 65.5 Å². The van der Waals surface area contributed by atoms with E-state index in [1.165, 1.54) is 12.1 Å². The monoisotopic (exact) mass is 456 g/mol. The maximum Gasteiger partial charge on any atom is 0.315 e. The van der Waals surface area contributed by atoms with Crippen LogP contribution in [0.1, 0.15) is 62.9 Å². The number of carbonyl (C=O) groups excluding carboxylic acids is 3. The molecule has 8 heteroatoms. The molecule has 0 saturated heterocycles. The lowest BCUT2D eigenvalue weighted by molar-refractivity contribution is -0.118. The molecule has 0 saturated carbocycles. The standard InChI is InChI=1S/C25H33FN4O3/c1-5-7-21(29-24(33)27-16-17-8-12-19(26)13-9-17)23(32)28-20-14-10-18(11-15-20)22(31)30-25(3,4)6-2/h8-15,21H,5-7,16H2,1-4H3,(H,28,32)(H,30,31)(H2,27,29,33). The van der Waals surface area contributed by atoms with Gasteiger partial charge in [0.2, 0.25) is 5.91 Å². The molecule has 4 N–H and O–H groups in total. The van der Waals surface area contributed by atoms with Gasteiger partial charge >= 0.3 is 6.03 Å². The van der Waals surface area contributed by atoms with Crippen molar-refractivity contribution in [2.45, 2.75) is 65.1 Å². The predicted molar refractivity (Wildman–Crippen MR) is 127 cm³/mol. The third kappa shape index (κ3) is 8.56. The Morgan fingerprint density at radius 2 is 1.61 bits per heavy atom. The summed E-state index contributed by atoms with van der Waals surface area (Å²) in [5.74, 6) is -0.873. The molecule has 178 valence electrons. The fourth-order valence-corrected chi connectivity index (χ4v) is 2.95. The van der Waals surface area contributed by atoms with Crippen LogP contribution in [0, 0.1) is 5.82 Å². The fraction of sp³-hybridized carbons (Fsp3) is 0.400. The molecule has 33 heavy (non-hydrogen) atoms. The second-order valence-corrected chi connectivity index (χ2v) is 8.55. The van der Waals surface area contributed by atoms with Gasteiger partial charge in [-0.2, -0.15) is 0 Å². The van der Waals surface area contributed by atoms with Crippen LogP contribution in [-0.2, 0) is 11.3 Å². The second-order valence-electron chi connectivity index (χ2n) is 8.55. The Bertz CT molecular complexity index is 943. The highest BCUT2D eigenvalue weighted by Crippen LogP contribution is 2.13. The van der Waals surface area contributed by atoms with Crippen molar-refractivity contribution < 1.29 is 18.8 Å². The SMILES string of the molecule is CCCC(NC(=O)NCc1ccc(F)cc1)C(=O)Nc1ccc(C(=O)NC(C)(C)CC)cc1. The zero-order valence-electron chi connectivity index (χ0n) is 19.6. The first-order chi connectivity index (χ1) is 15.6. The summed E-state index contributed by atoms with van der Waals surface area (Å²) in [6.45, 7) is 8.05. The van der Waals surface area contributed by atoms with E-state index < -0.39 is 12.1 Å². The van der Waals surface area contributed by atoms with Gasteiger partial charge in [0.1, 0.15) is 11.9 Å². The number of benzene rings is 2. The maximum absolute atomic E-state index is 13.0. The summed E-state index contributed by atoms with van der Waals surface area (Å²) < 4.78 is 13.0. The van der Waals surface area contributed by atoms with Crippen molar-refractivity contribution in [2.24, 2.45) is 0 Å². The van der Waals surface area contributed by atoms with E-state index in [0.29, 0.717) is 24.1 Å². The average molecular weight is 457 g/mol. The van der Waals surface area contributed by atoms with Crippen molar-refractivity contribution in [3.8, 4) is 0 Å². The van der Waals surface area contributed by atoms with Gasteiger partial charge in [0.15, 0.2) is 0 Å². The average Bonchev–Trinajstić information content (AvgIpc) is 2.78. The summed E-state index contributed by atoms with van der Waals surface area (Å²) in [4.78, 5) is 37.4. The van der Waals surface area contributed by atoms with Crippen LogP contribution in [-0.4, -0.2) is 29.4 Å². The minimum atomic E-state index is -0.725. The maximum atomic E-state index is 13.0. The minimum Gasteiger partial charge on any atom is -0.347 e. The zero-order chi connectivity index (χ0) is 24.4. The molecule has 0 fully saturated rings. The highest BCUT2D eigenvalue weighted by Gasteiger charge is 2.21. The van der Waals surface area contributed by atoms with Gasteiger partial charge in [-0.15, -0.1) is 0 Å². The van der Waals surface area contributed by atoms with E-state index in [2.05, 4.69) is 21.3 Å². The number of urea groups is 1. The largest absolute Gasteiger partial charge is 0.347 e.